The highest BCUT2D eigenvalue weighted by atomic mass is 16.5. The molecule has 1 aliphatic heterocycles. The van der Waals surface area contributed by atoms with Gasteiger partial charge in [0.2, 0.25) is 0 Å². The summed E-state index contributed by atoms with van der Waals surface area (Å²) in [6.45, 7) is 8.16. The maximum atomic E-state index is 6.34. The van der Waals surface area contributed by atoms with Crippen LogP contribution in [0.3, 0.4) is 0 Å². The van der Waals surface area contributed by atoms with E-state index in [2.05, 4.69) is 44.3 Å². The second-order valence-corrected chi connectivity index (χ2v) is 6.13. The quantitative estimate of drug-likeness (QED) is 0.914. The highest BCUT2D eigenvalue weighted by Gasteiger charge is 2.51. The molecule has 1 aliphatic carbocycles. The Labute approximate surface area is 121 Å². The second-order valence-electron chi connectivity index (χ2n) is 6.13. The van der Waals surface area contributed by atoms with E-state index >= 15 is 0 Å². The summed E-state index contributed by atoms with van der Waals surface area (Å²) in [6.07, 6.45) is 3.49. The molecule has 2 aliphatic rings. The van der Waals surface area contributed by atoms with E-state index in [0.29, 0.717) is 12.1 Å². The van der Waals surface area contributed by atoms with Crippen molar-refractivity contribution >= 4 is 0 Å². The van der Waals surface area contributed by atoms with Crippen LogP contribution in [0, 0.1) is 6.92 Å². The third-order valence-electron chi connectivity index (χ3n) is 4.50. The molecule has 1 spiro atoms. The average molecular weight is 275 g/mol. The van der Waals surface area contributed by atoms with E-state index in [9.17, 15) is 0 Å². The normalized spacial score (nSPS) is 31.6. The van der Waals surface area contributed by atoms with E-state index in [4.69, 9.17) is 9.47 Å². The molecule has 1 saturated carbocycles. The van der Waals surface area contributed by atoms with Crippen LogP contribution in [0.4, 0.5) is 0 Å². The Morgan fingerprint density at radius 2 is 2.10 bits per heavy atom. The number of fused-ring (bicyclic) bond motifs is 1. The lowest BCUT2D eigenvalue weighted by Crippen LogP contribution is -2.56. The Hall–Kier alpha value is -1.06. The molecule has 0 saturated heterocycles. The first-order valence-electron chi connectivity index (χ1n) is 7.80. The van der Waals surface area contributed by atoms with E-state index in [0.717, 1.165) is 38.2 Å². The summed E-state index contributed by atoms with van der Waals surface area (Å²) in [4.78, 5) is 0. The zero-order valence-electron chi connectivity index (χ0n) is 12.7. The Balaban J connectivity index is 1.81. The summed E-state index contributed by atoms with van der Waals surface area (Å²) in [7, 11) is 0. The van der Waals surface area contributed by atoms with Gasteiger partial charge in [0.1, 0.15) is 11.4 Å². The number of hydrogen-bond acceptors (Lipinski definition) is 3. The number of hydrogen-bond donors (Lipinski definition) is 1. The van der Waals surface area contributed by atoms with Crippen LogP contribution >= 0.6 is 0 Å². The van der Waals surface area contributed by atoms with Crippen molar-refractivity contribution in [3.05, 3.63) is 29.3 Å². The van der Waals surface area contributed by atoms with Gasteiger partial charge in [-0.15, -0.1) is 0 Å². The standard InChI is InChI=1S/C17H25NO2/c1-4-18-15-11-17(9-13(10-17)19-5-2)20-16-7-6-12(3)8-14(15)16/h6-8,13,15,18H,4-5,9-11H2,1-3H3. The van der Waals surface area contributed by atoms with Gasteiger partial charge in [0.15, 0.2) is 0 Å². The molecule has 110 valence electrons. The predicted molar refractivity (Wildman–Crippen MR) is 80.2 cm³/mol. The molecule has 3 nitrogen and oxygen atoms in total. The van der Waals surface area contributed by atoms with Gasteiger partial charge in [-0.3, -0.25) is 0 Å². The van der Waals surface area contributed by atoms with Crippen molar-refractivity contribution < 1.29 is 9.47 Å². The summed E-state index contributed by atoms with van der Waals surface area (Å²) in [5.74, 6) is 1.06. The maximum absolute atomic E-state index is 6.34. The van der Waals surface area contributed by atoms with Crippen LogP contribution < -0.4 is 10.1 Å². The molecule has 0 bridgehead atoms. The molecule has 1 unspecified atom stereocenters. The Morgan fingerprint density at radius 1 is 1.30 bits per heavy atom. The molecule has 1 aromatic rings. The summed E-state index contributed by atoms with van der Waals surface area (Å²) >= 11 is 0. The van der Waals surface area contributed by atoms with Crippen LogP contribution in [0.5, 0.6) is 5.75 Å². The first kappa shape index (κ1) is 13.9. The minimum Gasteiger partial charge on any atom is -0.487 e. The van der Waals surface area contributed by atoms with Crippen molar-refractivity contribution in [2.45, 2.75) is 57.8 Å². The minimum absolute atomic E-state index is 0.00503. The average Bonchev–Trinajstić information content (AvgIpc) is 2.38. The number of rotatable bonds is 4. The van der Waals surface area contributed by atoms with Gasteiger partial charge in [-0.25, -0.2) is 0 Å². The lowest BCUT2D eigenvalue weighted by Gasteiger charge is -2.51. The highest BCUT2D eigenvalue weighted by molar-refractivity contribution is 5.42. The van der Waals surface area contributed by atoms with E-state index in [-0.39, 0.29) is 5.60 Å². The molecule has 1 aromatic carbocycles. The zero-order valence-corrected chi connectivity index (χ0v) is 12.7. The molecule has 3 rings (SSSR count). The molecule has 1 fully saturated rings. The summed E-state index contributed by atoms with van der Waals surface area (Å²) in [6, 6.07) is 6.93. The number of nitrogens with one attached hydrogen (secondary N) is 1. The summed E-state index contributed by atoms with van der Waals surface area (Å²) in [5, 5.41) is 3.62. The molecule has 1 atom stereocenters. The van der Waals surface area contributed by atoms with Gasteiger partial charge in [-0.2, -0.15) is 0 Å². The SMILES string of the molecule is CCNC1CC2(CC(OCC)C2)Oc2ccc(C)cc21. The molecule has 1 N–H and O–H groups in total. The van der Waals surface area contributed by atoms with Crippen molar-refractivity contribution in [1.29, 1.82) is 0 Å². The van der Waals surface area contributed by atoms with Gasteiger partial charge in [0.25, 0.3) is 0 Å². The topological polar surface area (TPSA) is 30.5 Å². The lowest BCUT2D eigenvalue weighted by atomic mass is 9.70. The van der Waals surface area contributed by atoms with Crippen molar-refractivity contribution in [2.24, 2.45) is 0 Å². The van der Waals surface area contributed by atoms with Gasteiger partial charge in [0.05, 0.1) is 6.10 Å². The van der Waals surface area contributed by atoms with E-state index < -0.39 is 0 Å². The van der Waals surface area contributed by atoms with Crippen LogP contribution in [0.25, 0.3) is 0 Å². The zero-order chi connectivity index (χ0) is 14.2. The third-order valence-corrected chi connectivity index (χ3v) is 4.50. The largest absolute Gasteiger partial charge is 0.487 e. The Kier molecular flexibility index (Phi) is 3.74. The minimum atomic E-state index is -0.00503. The lowest BCUT2D eigenvalue weighted by molar-refractivity contribution is -0.135. The van der Waals surface area contributed by atoms with E-state index in [1.807, 2.05) is 0 Å². The van der Waals surface area contributed by atoms with Crippen molar-refractivity contribution in [2.75, 3.05) is 13.2 Å². The van der Waals surface area contributed by atoms with Crippen LogP contribution in [0.15, 0.2) is 18.2 Å². The molecule has 1 heterocycles. The van der Waals surface area contributed by atoms with Crippen LogP contribution in [0.1, 0.15) is 50.3 Å². The van der Waals surface area contributed by atoms with Crippen molar-refractivity contribution in [3.63, 3.8) is 0 Å². The molecular formula is C17H25NO2. The molecular weight excluding hydrogens is 250 g/mol. The first-order chi connectivity index (χ1) is 9.65. The Morgan fingerprint density at radius 3 is 2.80 bits per heavy atom. The van der Waals surface area contributed by atoms with Crippen molar-refractivity contribution in [1.82, 2.24) is 5.32 Å². The maximum Gasteiger partial charge on any atom is 0.124 e. The van der Waals surface area contributed by atoms with E-state index in [1.165, 1.54) is 11.1 Å². The number of ether oxygens (including phenoxy) is 2. The first-order valence-corrected chi connectivity index (χ1v) is 7.80. The smallest absolute Gasteiger partial charge is 0.124 e. The Bertz CT molecular complexity index is 480. The van der Waals surface area contributed by atoms with Crippen LogP contribution in [-0.4, -0.2) is 24.9 Å². The number of benzene rings is 1. The van der Waals surface area contributed by atoms with Gasteiger partial charge in [0, 0.05) is 37.5 Å². The third kappa shape index (κ3) is 2.45. The van der Waals surface area contributed by atoms with Gasteiger partial charge < -0.3 is 14.8 Å². The predicted octanol–water partition coefficient (Wildman–Crippen LogP) is 3.37. The van der Waals surface area contributed by atoms with Gasteiger partial charge >= 0.3 is 0 Å². The molecule has 0 aromatic heterocycles. The number of aryl methyl sites for hydroxylation is 1. The highest BCUT2D eigenvalue weighted by Crippen LogP contribution is 2.49. The molecule has 3 heteroatoms. The molecule has 0 radical (unpaired) electrons. The fourth-order valence-corrected chi connectivity index (χ4v) is 3.59. The monoisotopic (exact) mass is 275 g/mol. The second kappa shape index (κ2) is 5.38. The summed E-state index contributed by atoms with van der Waals surface area (Å²) in [5.41, 5.74) is 2.61. The van der Waals surface area contributed by atoms with Crippen LogP contribution in [0.2, 0.25) is 0 Å². The van der Waals surface area contributed by atoms with Crippen molar-refractivity contribution in [3.8, 4) is 5.75 Å². The fraction of sp³-hybridized carbons (Fsp3) is 0.647. The molecule has 0 amide bonds. The van der Waals surface area contributed by atoms with Crippen LogP contribution in [-0.2, 0) is 4.74 Å². The molecule has 20 heavy (non-hydrogen) atoms. The van der Waals surface area contributed by atoms with E-state index in [1.54, 1.807) is 0 Å². The van der Waals surface area contributed by atoms with Gasteiger partial charge in [-0.05, 0) is 26.5 Å². The summed E-state index contributed by atoms with van der Waals surface area (Å²) < 4.78 is 12.1. The van der Waals surface area contributed by atoms with Gasteiger partial charge in [-0.1, -0.05) is 24.6 Å². The fourth-order valence-electron chi connectivity index (χ4n) is 3.59.